The van der Waals surface area contributed by atoms with Crippen LogP contribution >= 0.6 is 0 Å². The smallest absolute Gasteiger partial charge is 0.232 e. The minimum atomic E-state index is -3.23. The van der Waals surface area contributed by atoms with Gasteiger partial charge in [-0.15, -0.1) is 0 Å². The van der Waals surface area contributed by atoms with Gasteiger partial charge in [-0.3, -0.25) is 9.62 Å². The molecular formula is C23H28N6O2S. The maximum atomic E-state index is 11.7. The van der Waals surface area contributed by atoms with Crippen molar-refractivity contribution in [1.29, 1.82) is 0 Å². The van der Waals surface area contributed by atoms with E-state index in [1.165, 1.54) is 18.4 Å². The first-order chi connectivity index (χ1) is 15.5. The second kappa shape index (κ2) is 8.29. The fourth-order valence-corrected chi connectivity index (χ4v) is 5.38. The van der Waals surface area contributed by atoms with Crippen LogP contribution in [0.4, 0.5) is 11.5 Å². The van der Waals surface area contributed by atoms with Gasteiger partial charge in [0.1, 0.15) is 12.1 Å². The van der Waals surface area contributed by atoms with Crippen molar-refractivity contribution in [3.63, 3.8) is 0 Å². The highest BCUT2D eigenvalue weighted by Gasteiger charge is 2.45. The molecule has 1 aromatic carbocycles. The molecule has 8 nitrogen and oxygen atoms in total. The normalized spacial score (nSPS) is 18.6. The van der Waals surface area contributed by atoms with Crippen molar-refractivity contribution in [2.45, 2.75) is 26.3 Å². The summed E-state index contributed by atoms with van der Waals surface area (Å²) in [5.74, 6) is 1.07. The fraction of sp³-hybridized carbons (Fsp3) is 0.435. The van der Waals surface area contributed by atoms with Gasteiger partial charge >= 0.3 is 0 Å². The first kappa shape index (κ1) is 21.1. The molecule has 2 aromatic heterocycles. The van der Waals surface area contributed by atoms with Crippen LogP contribution in [-0.2, 0) is 16.6 Å². The Labute approximate surface area is 188 Å². The van der Waals surface area contributed by atoms with Gasteiger partial charge < -0.3 is 4.90 Å². The standard InChI is InChI=1S/C23H28N6O2S/c1-2-32(30,31)27-19-7-5-18(6-8-19)14-28-12-9-23(10-13-28)15-29(16-23)22-20-4-3-11-24-21(20)25-17-26-22/h3-8,11,17,27H,2,9-10,12-16H2,1H3. The molecule has 168 valence electrons. The molecule has 4 heterocycles. The van der Waals surface area contributed by atoms with Gasteiger partial charge in [-0.05, 0) is 62.7 Å². The molecule has 9 heteroatoms. The third-order valence-electron chi connectivity index (χ3n) is 6.67. The number of nitrogens with one attached hydrogen (secondary N) is 1. The summed E-state index contributed by atoms with van der Waals surface area (Å²) in [6, 6.07) is 11.7. The van der Waals surface area contributed by atoms with Crippen LogP contribution in [0.2, 0.25) is 0 Å². The van der Waals surface area contributed by atoms with E-state index in [-0.39, 0.29) is 5.75 Å². The van der Waals surface area contributed by atoms with Crippen molar-refractivity contribution < 1.29 is 8.42 Å². The van der Waals surface area contributed by atoms with Crippen LogP contribution in [0.5, 0.6) is 0 Å². The molecule has 0 aliphatic carbocycles. The number of anilines is 2. The number of hydrogen-bond acceptors (Lipinski definition) is 7. The quantitative estimate of drug-likeness (QED) is 0.615. The van der Waals surface area contributed by atoms with Crippen LogP contribution in [0.1, 0.15) is 25.3 Å². The SMILES string of the molecule is CCS(=O)(=O)Nc1ccc(CN2CCC3(CC2)CN(c2ncnc4ncccc24)C3)cc1. The lowest BCUT2D eigenvalue weighted by molar-refractivity contribution is 0.0721. The number of aromatic nitrogens is 3. The Morgan fingerprint density at radius 3 is 2.50 bits per heavy atom. The summed E-state index contributed by atoms with van der Waals surface area (Å²) >= 11 is 0. The number of benzene rings is 1. The number of nitrogens with zero attached hydrogens (tertiary/aromatic N) is 5. The molecule has 3 aromatic rings. The number of pyridine rings is 1. The highest BCUT2D eigenvalue weighted by molar-refractivity contribution is 7.92. The van der Waals surface area contributed by atoms with Gasteiger partial charge in [0.15, 0.2) is 5.65 Å². The predicted octanol–water partition coefficient (Wildman–Crippen LogP) is 2.89. The Morgan fingerprint density at radius 1 is 1.03 bits per heavy atom. The third-order valence-corrected chi connectivity index (χ3v) is 7.98. The molecule has 2 saturated heterocycles. The van der Waals surface area contributed by atoms with E-state index >= 15 is 0 Å². The Hall–Kier alpha value is -2.78. The monoisotopic (exact) mass is 452 g/mol. The summed E-state index contributed by atoms with van der Waals surface area (Å²) in [5, 5.41) is 1.02. The molecule has 0 saturated carbocycles. The number of sulfonamides is 1. The van der Waals surface area contributed by atoms with Crippen LogP contribution < -0.4 is 9.62 Å². The molecule has 2 fully saturated rings. The molecule has 0 unspecified atom stereocenters. The number of piperidine rings is 1. The van der Waals surface area contributed by atoms with Crippen molar-refractivity contribution in [3.05, 3.63) is 54.5 Å². The average molecular weight is 453 g/mol. The second-order valence-electron chi connectivity index (χ2n) is 8.91. The lowest BCUT2D eigenvalue weighted by atomic mass is 9.72. The maximum Gasteiger partial charge on any atom is 0.232 e. The van der Waals surface area contributed by atoms with E-state index in [1.807, 2.05) is 36.4 Å². The Morgan fingerprint density at radius 2 is 1.78 bits per heavy atom. The minimum absolute atomic E-state index is 0.0754. The molecule has 5 rings (SSSR count). The zero-order valence-corrected chi connectivity index (χ0v) is 19.1. The van der Waals surface area contributed by atoms with E-state index in [0.29, 0.717) is 11.1 Å². The van der Waals surface area contributed by atoms with E-state index in [2.05, 4.69) is 29.5 Å². The highest BCUT2D eigenvalue weighted by Crippen LogP contribution is 2.43. The van der Waals surface area contributed by atoms with Gasteiger partial charge in [-0.1, -0.05) is 12.1 Å². The third kappa shape index (κ3) is 4.27. The predicted molar refractivity (Wildman–Crippen MR) is 126 cm³/mol. The summed E-state index contributed by atoms with van der Waals surface area (Å²) in [4.78, 5) is 18.0. The summed E-state index contributed by atoms with van der Waals surface area (Å²) < 4.78 is 26.0. The van der Waals surface area contributed by atoms with Crippen LogP contribution in [0.25, 0.3) is 11.0 Å². The van der Waals surface area contributed by atoms with Crippen LogP contribution in [0.15, 0.2) is 48.9 Å². The molecule has 0 amide bonds. The topological polar surface area (TPSA) is 91.3 Å². The van der Waals surface area contributed by atoms with E-state index in [9.17, 15) is 8.42 Å². The van der Waals surface area contributed by atoms with Gasteiger partial charge in [-0.2, -0.15) is 0 Å². The van der Waals surface area contributed by atoms with E-state index < -0.39 is 10.0 Å². The number of fused-ring (bicyclic) bond motifs is 1. The average Bonchev–Trinajstić information content (AvgIpc) is 2.79. The Balaban J connectivity index is 1.15. The van der Waals surface area contributed by atoms with Crippen molar-refractivity contribution in [1.82, 2.24) is 19.9 Å². The molecular weight excluding hydrogens is 424 g/mol. The molecule has 1 spiro atoms. The van der Waals surface area contributed by atoms with E-state index in [4.69, 9.17) is 0 Å². The first-order valence-electron chi connectivity index (χ1n) is 11.1. The summed E-state index contributed by atoms with van der Waals surface area (Å²) in [7, 11) is -3.23. The van der Waals surface area contributed by atoms with Gasteiger partial charge in [0.05, 0.1) is 11.1 Å². The summed E-state index contributed by atoms with van der Waals surface area (Å²) in [5.41, 5.74) is 2.95. The van der Waals surface area contributed by atoms with Crippen LogP contribution in [-0.4, -0.2) is 60.2 Å². The van der Waals surface area contributed by atoms with Crippen molar-refractivity contribution in [3.8, 4) is 0 Å². The van der Waals surface area contributed by atoms with Crippen molar-refractivity contribution in [2.75, 3.05) is 41.6 Å². The van der Waals surface area contributed by atoms with E-state index in [1.54, 1.807) is 19.4 Å². The van der Waals surface area contributed by atoms with Crippen molar-refractivity contribution in [2.24, 2.45) is 5.41 Å². The number of likely N-dealkylation sites (tertiary alicyclic amines) is 1. The fourth-order valence-electron chi connectivity index (χ4n) is 4.74. The second-order valence-corrected chi connectivity index (χ2v) is 10.9. The number of rotatable bonds is 6. The van der Waals surface area contributed by atoms with Crippen LogP contribution in [0, 0.1) is 5.41 Å². The Kier molecular flexibility index (Phi) is 5.46. The number of hydrogen-bond donors (Lipinski definition) is 1. The molecule has 2 aliphatic heterocycles. The van der Waals surface area contributed by atoms with Gasteiger partial charge in [0.2, 0.25) is 10.0 Å². The Bertz CT molecular complexity index is 1190. The maximum absolute atomic E-state index is 11.7. The highest BCUT2D eigenvalue weighted by atomic mass is 32.2. The zero-order valence-electron chi connectivity index (χ0n) is 18.2. The molecule has 0 atom stereocenters. The lowest BCUT2D eigenvalue weighted by Crippen LogP contribution is -2.60. The van der Waals surface area contributed by atoms with Gasteiger partial charge in [-0.25, -0.2) is 23.4 Å². The summed E-state index contributed by atoms with van der Waals surface area (Å²) in [6.45, 7) is 6.74. The van der Waals surface area contributed by atoms with E-state index in [0.717, 1.165) is 49.6 Å². The molecule has 32 heavy (non-hydrogen) atoms. The first-order valence-corrected chi connectivity index (χ1v) is 12.7. The molecule has 1 N–H and O–H groups in total. The molecule has 0 bridgehead atoms. The van der Waals surface area contributed by atoms with Crippen LogP contribution in [0.3, 0.4) is 0 Å². The molecule has 2 aliphatic rings. The molecule has 0 radical (unpaired) electrons. The lowest BCUT2D eigenvalue weighted by Gasteiger charge is -2.54. The van der Waals surface area contributed by atoms with Gasteiger partial charge in [0, 0.05) is 36.9 Å². The van der Waals surface area contributed by atoms with Crippen molar-refractivity contribution >= 4 is 32.6 Å². The summed E-state index contributed by atoms with van der Waals surface area (Å²) in [6.07, 6.45) is 5.73. The van der Waals surface area contributed by atoms with Gasteiger partial charge in [0.25, 0.3) is 0 Å². The zero-order chi connectivity index (χ0) is 22.2. The largest absolute Gasteiger partial charge is 0.355 e. The minimum Gasteiger partial charge on any atom is -0.355 e.